The molecule has 12 heteroatoms. The molecule has 0 bridgehead atoms. The summed E-state index contributed by atoms with van der Waals surface area (Å²) in [6, 6.07) is 3.28. The fourth-order valence-corrected chi connectivity index (χ4v) is 16.2. The van der Waals surface area contributed by atoms with Crippen LogP contribution in [0.15, 0.2) is 18.4 Å². The molecule has 10 nitrogen and oxygen atoms in total. The molecule has 4 heterocycles. The van der Waals surface area contributed by atoms with Gasteiger partial charge in [-0.3, -0.25) is 15.0 Å². The zero-order chi connectivity index (χ0) is 29.3. The van der Waals surface area contributed by atoms with E-state index in [9.17, 15) is 10.4 Å². The van der Waals surface area contributed by atoms with Crippen LogP contribution >= 0.6 is 0 Å². The Bertz CT molecular complexity index is 1330. The molecule has 2 saturated heterocycles. The molecule has 2 aliphatic rings. The Morgan fingerprint density at radius 2 is 1.83 bits per heavy atom. The highest BCUT2D eigenvalue weighted by Gasteiger charge is 2.65. The van der Waals surface area contributed by atoms with Crippen molar-refractivity contribution in [2.75, 3.05) is 6.56 Å². The molecular formula is C24H39N5O5Si2. The van der Waals surface area contributed by atoms with Crippen LogP contribution in [0.2, 0.25) is 22.2 Å². The van der Waals surface area contributed by atoms with E-state index in [0.717, 1.165) is 0 Å². The molecule has 198 valence electrons. The summed E-state index contributed by atoms with van der Waals surface area (Å²) in [5.74, 6) is 0. The summed E-state index contributed by atoms with van der Waals surface area (Å²) in [5.41, 5.74) is -2.68. The number of nitrogens with zero attached hydrogens (tertiary/aromatic N) is 3. The summed E-state index contributed by atoms with van der Waals surface area (Å²) < 4.78 is 54.5. The average Bonchev–Trinajstić information content (AvgIpc) is 3.32. The van der Waals surface area contributed by atoms with E-state index in [4.69, 9.17) is 27.2 Å². The normalized spacial score (nSPS) is 32.7. The van der Waals surface area contributed by atoms with Gasteiger partial charge >= 0.3 is 17.1 Å². The van der Waals surface area contributed by atoms with Crippen LogP contribution in [0.4, 0.5) is 0 Å². The number of rotatable bonds is 5. The van der Waals surface area contributed by atoms with Crippen LogP contribution in [0.1, 0.15) is 65.2 Å². The molecule has 2 fully saturated rings. The highest BCUT2D eigenvalue weighted by atomic mass is 28.5. The fraction of sp³-hybridized carbons (Fsp3) is 0.708. The second-order valence-corrected chi connectivity index (χ2v) is 19.7. The Balaban J connectivity index is 1.98. The van der Waals surface area contributed by atoms with E-state index in [-0.39, 0.29) is 44.9 Å². The predicted molar refractivity (Wildman–Crippen MR) is 137 cm³/mol. The highest BCUT2D eigenvalue weighted by molar-refractivity contribution is 6.84. The number of hydrogen-bond acceptors (Lipinski definition) is 8. The first-order valence-corrected chi connectivity index (χ1v) is 16.4. The molecule has 4 atom stereocenters. The second kappa shape index (κ2) is 9.47. The van der Waals surface area contributed by atoms with E-state index in [1.54, 1.807) is 0 Å². The van der Waals surface area contributed by atoms with Crippen molar-refractivity contribution in [3.8, 4) is 6.07 Å². The number of aliphatic hydroxyl groups is 1. The van der Waals surface area contributed by atoms with Gasteiger partial charge in [-0.15, -0.1) is 0 Å². The van der Waals surface area contributed by atoms with E-state index in [1.165, 1.54) is 16.9 Å². The Hall–Kier alpha value is -1.86. The molecule has 2 aromatic heterocycles. The summed E-state index contributed by atoms with van der Waals surface area (Å²) >= 11 is 0. The minimum absolute atomic E-state index is 0.0399. The summed E-state index contributed by atoms with van der Waals surface area (Å²) in [5, 5.41) is 33.4. The van der Waals surface area contributed by atoms with Crippen LogP contribution in [-0.2, 0) is 23.3 Å². The molecule has 0 unspecified atom stereocenters. The molecular weight excluding hydrogens is 494 g/mol. The molecule has 2 aliphatic heterocycles. The van der Waals surface area contributed by atoms with Gasteiger partial charge in [-0.05, 0) is 34.3 Å². The van der Waals surface area contributed by atoms with Crippen LogP contribution in [0.5, 0.6) is 0 Å². The van der Waals surface area contributed by atoms with E-state index in [0.29, 0.717) is 0 Å². The van der Waals surface area contributed by atoms with Gasteiger partial charge in [0.15, 0.2) is 5.49 Å². The molecule has 0 saturated carbocycles. The molecule has 0 aliphatic carbocycles. The Labute approximate surface area is 218 Å². The zero-order valence-corrected chi connectivity index (χ0v) is 24.1. The van der Waals surface area contributed by atoms with Gasteiger partial charge in [-0.25, -0.2) is 4.98 Å². The molecule has 0 amide bonds. The van der Waals surface area contributed by atoms with E-state index in [1.807, 2.05) is 55.4 Å². The Morgan fingerprint density at radius 1 is 1.22 bits per heavy atom. The van der Waals surface area contributed by atoms with E-state index >= 15 is 0 Å². The summed E-state index contributed by atoms with van der Waals surface area (Å²) in [4.78, 5) is 3.88. The number of fused-ring (bicyclic) bond motifs is 2. The van der Waals surface area contributed by atoms with Crippen molar-refractivity contribution >= 4 is 22.6 Å². The number of aliphatic hydroxyl groups excluding tert-OH is 1. The molecule has 3 N–H and O–H groups in total. The molecule has 0 radical (unpaired) electrons. The maximum absolute atomic E-state index is 11.9. The third-order valence-electron chi connectivity index (χ3n) is 7.49. The molecule has 2 aromatic rings. The minimum atomic E-state index is -3.34. The largest absolute Gasteiger partial charge is 0.414 e. The Morgan fingerprint density at radius 3 is 2.39 bits per heavy atom. The SMILES string of the molecule is [2H]c1cc([C@]2(C#N)O[C@H]3[C@@H](O[Si](C(C)C)(C(C)C)O[Si](C(C)C)(C(C)C)OC3([2H])[2H])[C@H]2O)n2[nH]cnc(=N)c12. The van der Waals surface area contributed by atoms with Crippen molar-refractivity contribution in [3.05, 3.63) is 29.6 Å². The second-order valence-electron chi connectivity index (χ2n) is 10.9. The van der Waals surface area contributed by atoms with Gasteiger partial charge in [-0.1, -0.05) is 55.4 Å². The molecule has 36 heavy (non-hydrogen) atoms. The number of hydrogen-bond donors (Lipinski definition) is 3. The van der Waals surface area contributed by atoms with Crippen LogP contribution < -0.4 is 5.49 Å². The van der Waals surface area contributed by atoms with Crippen molar-refractivity contribution in [2.45, 2.75) is 101 Å². The fourth-order valence-electron chi connectivity index (χ4n) is 5.46. The van der Waals surface area contributed by atoms with Crippen molar-refractivity contribution in [1.82, 2.24) is 14.6 Å². The molecule has 0 aromatic carbocycles. The topological polar surface area (TPSA) is 138 Å². The summed E-state index contributed by atoms with van der Waals surface area (Å²) in [6.07, 6.45) is -3.22. The first-order valence-electron chi connectivity index (χ1n) is 14.0. The van der Waals surface area contributed by atoms with Crippen LogP contribution in [-0.4, -0.2) is 61.7 Å². The average molecular weight is 537 g/mol. The minimum Gasteiger partial charge on any atom is -0.414 e. The number of aromatic nitrogens is 3. The van der Waals surface area contributed by atoms with Crippen LogP contribution in [0.3, 0.4) is 0 Å². The van der Waals surface area contributed by atoms with Gasteiger partial charge in [0.25, 0.3) is 0 Å². The van der Waals surface area contributed by atoms with Crippen molar-refractivity contribution in [1.29, 1.82) is 10.7 Å². The number of H-pyrrole nitrogens is 1. The lowest BCUT2D eigenvalue weighted by Gasteiger charge is -2.51. The maximum Gasteiger partial charge on any atom is 0.335 e. The van der Waals surface area contributed by atoms with E-state index in [2.05, 4.69) is 16.2 Å². The maximum atomic E-state index is 11.9. The lowest BCUT2D eigenvalue weighted by molar-refractivity contribution is -0.0679. The summed E-state index contributed by atoms with van der Waals surface area (Å²) in [6.45, 7) is 13.4. The van der Waals surface area contributed by atoms with Crippen LogP contribution in [0.25, 0.3) is 5.52 Å². The van der Waals surface area contributed by atoms with Gasteiger partial charge < -0.3 is 22.8 Å². The number of aromatic amines is 1. The Kier molecular flexibility index (Phi) is 6.12. The standard InChI is InChI=1S/C24H39N5O5Si2/c1-14(2)35(15(3)4)31-11-19-21(33-36(34-35,16(5)6)17(7)8)22(30)24(12-25,32-19)20-10-9-18-23(26)27-13-28-29(18)20/h9-10,13-17,19,21-22,30H,11H2,1-8H3,(H2,26,27,28)/t19-,21-,22-,24+/m1/s1/i9D,11D2. The van der Waals surface area contributed by atoms with Crippen molar-refractivity contribution in [3.63, 3.8) is 0 Å². The van der Waals surface area contributed by atoms with Gasteiger partial charge in [0.2, 0.25) is 5.60 Å². The van der Waals surface area contributed by atoms with E-state index < -0.39 is 47.6 Å². The van der Waals surface area contributed by atoms with Gasteiger partial charge in [0, 0.05) is 0 Å². The summed E-state index contributed by atoms with van der Waals surface area (Å²) in [7, 11) is -6.61. The zero-order valence-electron chi connectivity index (χ0n) is 25.1. The number of nitrogens with one attached hydrogen (secondary N) is 2. The first-order chi connectivity index (χ1) is 18.0. The van der Waals surface area contributed by atoms with Crippen molar-refractivity contribution in [2.24, 2.45) is 0 Å². The monoisotopic (exact) mass is 536 g/mol. The quantitative estimate of drug-likeness (QED) is 0.497. The number of nitriles is 1. The van der Waals surface area contributed by atoms with Gasteiger partial charge in [0.1, 0.15) is 36.2 Å². The lowest BCUT2D eigenvalue weighted by atomic mass is 9.92. The molecule has 4 rings (SSSR count). The first kappa shape index (κ1) is 23.3. The third-order valence-corrected chi connectivity index (χ3v) is 17.6. The number of ether oxygens (including phenoxy) is 1. The smallest absolute Gasteiger partial charge is 0.335 e. The predicted octanol–water partition coefficient (Wildman–Crippen LogP) is 3.58. The highest BCUT2D eigenvalue weighted by Crippen LogP contribution is 2.50. The third kappa shape index (κ3) is 3.84. The van der Waals surface area contributed by atoms with Crippen LogP contribution in [0, 0.1) is 16.7 Å². The van der Waals surface area contributed by atoms with Crippen molar-refractivity contribution < 1.29 is 26.9 Å². The lowest BCUT2D eigenvalue weighted by Crippen LogP contribution is -2.66. The van der Waals surface area contributed by atoms with Gasteiger partial charge in [-0.2, -0.15) is 5.26 Å². The van der Waals surface area contributed by atoms with Gasteiger partial charge in [0.05, 0.1) is 16.4 Å². The molecule has 0 spiro atoms.